The second-order valence-corrected chi connectivity index (χ2v) is 3.99. The Morgan fingerprint density at radius 2 is 2.25 bits per heavy atom. The first kappa shape index (κ1) is 9.27. The molecule has 1 aromatic carbocycles. The lowest BCUT2D eigenvalue weighted by Crippen LogP contribution is -2.02. The Kier molecular flexibility index (Phi) is 1.89. The molecule has 82 valence electrons. The van der Waals surface area contributed by atoms with E-state index in [4.69, 9.17) is 10.5 Å². The number of para-hydroxylation sites is 1. The van der Waals surface area contributed by atoms with E-state index >= 15 is 0 Å². The summed E-state index contributed by atoms with van der Waals surface area (Å²) in [6, 6.07) is 5.83. The van der Waals surface area contributed by atoms with Crippen LogP contribution in [-0.4, -0.2) is 16.4 Å². The molecule has 2 N–H and O–H groups in total. The van der Waals surface area contributed by atoms with Crippen LogP contribution in [0.5, 0.6) is 5.75 Å². The van der Waals surface area contributed by atoms with Crippen LogP contribution >= 0.6 is 0 Å². The number of aromatic nitrogens is 2. The first-order valence-electron chi connectivity index (χ1n) is 5.30. The number of nitrogens with zero attached hydrogens (tertiary/aromatic N) is 2. The minimum absolute atomic E-state index is 0.630. The fourth-order valence-electron chi connectivity index (χ4n) is 2.12. The lowest BCUT2D eigenvalue weighted by atomic mass is 10.0. The van der Waals surface area contributed by atoms with Crippen LogP contribution < -0.4 is 10.5 Å². The first-order valence-corrected chi connectivity index (χ1v) is 5.30. The summed E-state index contributed by atoms with van der Waals surface area (Å²) < 4.78 is 7.52. The molecule has 2 aromatic rings. The maximum Gasteiger partial charge on any atom is 0.150 e. The van der Waals surface area contributed by atoms with E-state index in [0.717, 1.165) is 29.0 Å². The van der Waals surface area contributed by atoms with Crippen LogP contribution in [0.2, 0.25) is 0 Å². The lowest BCUT2D eigenvalue weighted by molar-refractivity contribution is 0.326. The molecule has 3 rings (SSSR count). The SMILES string of the molecule is Cn1cc2c(n1)CCOc1c(N)cccc1-2. The van der Waals surface area contributed by atoms with Gasteiger partial charge in [0.1, 0.15) is 5.75 Å². The van der Waals surface area contributed by atoms with Gasteiger partial charge in [-0.3, -0.25) is 4.68 Å². The fraction of sp³-hybridized carbons (Fsp3) is 0.250. The molecule has 0 bridgehead atoms. The second kappa shape index (κ2) is 3.27. The molecule has 0 amide bonds. The van der Waals surface area contributed by atoms with E-state index in [9.17, 15) is 0 Å². The van der Waals surface area contributed by atoms with Crippen LogP contribution in [-0.2, 0) is 13.5 Å². The molecule has 1 aliphatic heterocycles. The maximum absolute atomic E-state index is 5.92. The van der Waals surface area contributed by atoms with Crippen LogP contribution in [0, 0.1) is 0 Å². The zero-order chi connectivity index (χ0) is 11.1. The Balaban J connectivity index is 2.29. The summed E-state index contributed by atoms with van der Waals surface area (Å²) in [6.07, 6.45) is 2.84. The Bertz CT molecular complexity index is 545. The highest BCUT2D eigenvalue weighted by molar-refractivity contribution is 5.78. The molecule has 16 heavy (non-hydrogen) atoms. The summed E-state index contributed by atoms with van der Waals surface area (Å²) in [5.41, 5.74) is 9.86. The summed E-state index contributed by atoms with van der Waals surface area (Å²) in [6.45, 7) is 0.630. The highest BCUT2D eigenvalue weighted by Gasteiger charge is 2.19. The number of ether oxygens (including phenoxy) is 1. The summed E-state index contributed by atoms with van der Waals surface area (Å²) in [5, 5.41) is 4.44. The van der Waals surface area contributed by atoms with E-state index in [1.54, 1.807) is 0 Å². The Hall–Kier alpha value is -1.97. The number of benzene rings is 1. The molecule has 0 spiro atoms. The standard InChI is InChI=1S/C12H13N3O/c1-15-7-9-8-3-2-4-10(13)12(8)16-6-5-11(9)14-15/h2-4,7H,5-6,13H2,1H3. The van der Waals surface area contributed by atoms with Crippen molar-refractivity contribution in [2.24, 2.45) is 7.05 Å². The molecule has 0 fully saturated rings. The molecule has 2 heterocycles. The van der Waals surface area contributed by atoms with Crippen molar-refractivity contribution in [2.75, 3.05) is 12.3 Å². The van der Waals surface area contributed by atoms with Gasteiger partial charge in [-0.1, -0.05) is 12.1 Å². The number of aryl methyl sites for hydroxylation is 1. The number of hydrogen-bond donors (Lipinski definition) is 1. The normalized spacial score (nSPS) is 13.6. The smallest absolute Gasteiger partial charge is 0.150 e. The molecule has 0 saturated carbocycles. The zero-order valence-electron chi connectivity index (χ0n) is 9.10. The Morgan fingerprint density at radius 1 is 1.38 bits per heavy atom. The third-order valence-corrected chi connectivity index (χ3v) is 2.83. The number of nitrogen functional groups attached to an aromatic ring is 1. The van der Waals surface area contributed by atoms with E-state index < -0.39 is 0 Å². The number of fused-ring (bicyclic) bond motifs is 3. The predicted molar refractivity (Wildman–Crippen MR) is 62.3 cm³/mol. The molecule has 4 heteroatoms. The van der Waals surface area contributed by atoms with Gasteiger partial charge in [0.05, 0.1) is 18.0 Å². The third-order valence-electron chi connectivity index (χ3n) is 2.83. The predicted octanol–water partition coefficient (Wildman–Crippen LogP) is 1.60. The van der Waals surface area contributed by atoms with E-state index in [1.807, 2.05) is 36.1 Å². The fourth-order valence-corrected chi connectivity index (χ4v) is 2.12. The van der Waals surface area contributed by atoms with Gasteiger partial charge >= 0.3 is 0 Å². The number of anilines is 1. The van der Waals surface area contributed by atoms with Gasteiger partial charge in [-0.2, -0.15) is 5.10 Å². The van der Waals surface area contributed by atoms with E-state index in [1.165, 1.54) is 0 Å². The van der Waals surface area contributed by atoms with Gasteiger partial charge in [0.2, 0.25) is 0 Å². The molecule has 0 aliphatic carbocycles. The average molecular weight is 215 g/mol. The van der Waals surface area contributed by atoms with E-state index in [2.05, 4.69) is 5.10 Å². The molecule has 4 nitrogen and oxygen atoms in total. The van der Waals surface area contributed by atoms with Crippen molar-refractivity contribution < 1.29 is 4.74 Å². The summed E-state index contributed by atoms with van der Waals surface area (Å²) >= 11 is 0. The summed E-state index contributed by atoms with van der Waals surface area (Å²) in [4.78, 5) is 0. The minimum Gasteiger partial charge on any atom is -0.490 e. The van der Waals surface area contributed by atoms with E-state index in [0.29, 0.717) is 12.3 Å². The van der Waals surface area contributed by atoms with Crippen molar-refractivity contribution in [1.29, 1.82) is 0 Å². The van der Waals surface area contributed by atoms with Gasteiger partial charge < -0.3 is 10.5 Å². The van der Waals surface area contributed by atoms with Crippen LogP contribution in [0.1, 0.15) is 5.69 Å². The van der Waals surface area contributed by atoms with Gasteiger partial charge in [-0.15, -0.1) is 0 Å². The maximum atomic E-state index is 5.92. The Morgan fingerprint density at radius 3 is 3.12 bits per heavy atom. The van der Waals surface area contributed by atoms with Crippen molar-refractivity contribution >= 4 is 5.69 Å². The molecule has 0 atom stereocenters. The molecule has 1 aromatic heterocycles. The van der Waals surface area contributed by atoms with E-state index in [-0.39, 0.29) is 0 Å². The zero-order valence-corrected chi connectivity index (χ0v) is 9.10. The van der Waals surface area contributed by atoms with Crippen molar-refractivity contribution in [3.63, 3.8) is 0 Å². The number of rotatable bonds is 0. The third kappa shape index (κ3) is 1.26. The first-order chi connectivity index (χ1) is 7.75. The van der Waals surface area contributed by atoms with Gasteiger partial charge in [-0.25, -0.2) is 0 Å². The number of hydrogen-bond acceptors (Lipinski definition) is 3. The van der Waals surface area contributed by atoms with Gasteiger partial charge in [0.25, 0.3) is 0 Å². The van der Waals surface area contributed by atoms with Crippen molar-refractivity contribution in [3.05, 3.63) is 30.1 Å². The quantitative estimate of drug-likeness (QED) is 0.679. The highest BCUT2D eigenvalue weighted by Crippen LogP contribution is 2.38. The van der Waals surface area contributed by atoms with Crippen LogP contribution in [0.4, 0.5) is 5.69 Å². The van der Waals surface area contributed by atoms with Crippen molar-refractivity contribution in [1.82, 2.24) is 9.78 Å². The topological polar surface area (TPSA) is 53.1 Å². The summed E-state index contributed by atoms with van der Waals surface area (Å²) in [7, 11) is 1.93. The van der Waals surface area contributed by atoms with Crippen LogP contribution in [0.25, 0.3) is 11.1 Å². The van der Waals surface area contributed by atoms with Crippen molar-refractivity contribution in [3.8, 4) is 16.9 Å². The van der Waals surface area contributed by atoms with Crippen LogP contribution in [0.3, 0.4) is 0 Å². The number of nitrogens with two attached hydrogens (primary N) is 1. The molecular weight excluding hydrogens is 202 g/mol. The minimum atomic E-state index is 0.630. The van der Waals surface area contributed by atoms with Gasteiger partial charge in [0, 0.05) is 30.8 Å². The monoisotopic (exact) mass is 215 g/mol. The Labute approximate surface area is 93.6 Å². The van der Waals surface area contributed by atoms with Gasteiger partial charge in [0.15, 0.2) is 0 Å². The van der Waals surface area contributed by atoms with Crippen molar-refractivity contribution in [2.45, 2.75) is 6.42 Å². The molecule has 0 radical (unpaired) electrons. The largest absolute Gasteiger partial charge is 0.490 e. The molecule has 0 unspecified atom stereocenters. The lowest BCUT2D eigenvalue weighted by Gasteiger charge is -2.09. The molecule has 1 aliphatic rings. The van der Waals surface area contributed by atoms with Gasteiger partial charge in [-0.05, 0) is 6.07 Å². The van der Waals surface area contributed by atoms with Crippen LogP contribution in [0.15, 0.2) is 24.4 Å². The second-order valence-electron chi connectivity index (χ2n) is 3.99. The summed E-state index contributed by atoms with van der Waals surface area (Å²) in [5.74, 6) is 0.786. The molecule has 0 saturated heterocycles. The average Bonchev–Trinajstić information content (AvgIpc) is 2.53. The highest BCUT2D eigenvalue weighted by atomic mass is 16.5. The molecular formula is C12H13N3O.